The van der Waals surface area contributed by atoms with Crippen molar-refractivity contribution in [1.29, 1.82) is 0 Å². The molecule has 1 aromatic carbocycles. The van der Waals surface area contributed by atoms with Crippen molar-refractivity contribution in [3.63, 3.8) is 0 Å². The van der Waals surface area contributed by atoms with Crippen molar-refractivity contribution in [2.45, 2.75) is 13.5 Å². The molecule has 1 N–H and O–H groups in total. The molecular formula is C13H17F2NO2. The van der Waals surface area contributed by atoms with Crippen molar-refractivity contribution >= 4 is 6.08 Å². The van der Waals surface area contributed by atoms with Crippen molar-refractivity contribution in [2.75, 3.05) is 20.2 Å². The molecule has 0 aromatic heterocycles. The van der Waals surface area contributed by atoms with Gasteiger partial charge in [0.2, 0.25) is 0 Å². The van der Waals surface area contributed by atoms with Crippen LogP contribution in [-0.4, -0.2) is 26.8 Å². The third-order valence-corrected chi connectivity index (χ3v) is 2.12. The van der Waals surface area contributed by atoms with Crippen LogP contribution in [0.15, 0.2) is 24.3 Å². The second-order valence-electron chi connectivity index (χ2n) is 3.48. The topological polar surface area (TPSA) is 30.5 Å². The molecule has 0 unspecified atom stereocenters. The number of ether oxygens (including phenoxy) is 2. The monoisotopic (exact) mass is 257 g/mol. The number of rotatable bonds is 7. The van der Waals surface area contributed by atoms with Crippen LogP contribution in [0.25, 0.3) is 6.08 Å². The van der Waals surface area contributed by atoms with E-state index in [0.717, 1.165) is 12.1 Å². The molecule has 0 fully saturated rings. The van der Waals surface area contributed by atoms with Gasteiger partial charge >= 0.3 is 6.61 Å². The summed E-state index contributed by atoms with van der Waals surface area (Å²) in [7, 11) is 1.84. The van der Waals surface area contributed by atoms with E-state index >= 15 is 0 Å². The van der Waals surface area contributed by atoms with Gasteiger partial charge < -0.3 is 14.8 Å². The fourth-order valence-electron chi connectivity index (χ4n) is 1.40. The molecule has 1 rings (SSSR count). The number of nitrogens with one attached hydrogen (secondary N) is 1. The Bertz CT molecular complexity index is 395. The minimum atomic E-state index is -2.85. The van der Waals surface area contributed by atoms with Crippen LogP contribution in [0.3, 0.4) is 0 Å². The SMILES string of the molecule is CCOc1cc(C=CCNC)ccc1OC(F)F. The van der Waals surface area contributed by atoms with E-state index in [1.54, 1.807) is 19.1 Å². The molecule has 0 amide bonds. The molecule has 0 saturated carbocycles. The number of benzene rings is 1. The van der Waals surface area contributed by atoms with Crippen molar-refractivity contribution in [3.8, 4) is 11.5 Å². The van der Waals surface area contributed by atoms with Crippen LogP contribution in [0.1, 0.15) is 12.5 Å². The first-order valence-corrected chi connectivity index (χ1v) is 5.70. The van der Waals surface area contributed by atoms with Crippen LogP contribution in [0, 0.1) is 0 Å². The summed E-state index contributed by atoms with van der Waals surface area (Å²) in [4.78, 5) is 0. The molecule has 100 valence electrons. The van der Waals surface area contributed by atoms with Crippen LogP contribution < -0.4 is 14.8 Å². The third-order valence-electron chi connectivity index (χ3n) is 2.12. The van der Waals surface area contributed by atoms with E-state index in [4.69, 9.17) is 4.74 Å². The van der Waals surface area contributed by atoms with Gasteiger partial charge in [0.15, 0.2) is 11.5 Å². The second kappa shape index (κ2) is 7.66. The predicted molar refractivity (Wildman–Crippen MR) is 67.2 cm³/mol. The molecule has 0 bridgehead atoms. The summed E-state index contributed by atoms with van der Waals surface area (Å²) in [6, 6.07) is 4.86. The van der Waals surface area contributed by atoms with Crippen molar-refractivity contribution in [3.05, 3.63) is 29.8 Å². The Kier molecular flexibility index (Phi) is 6.14. The molecule has 0 radical (unpaired) electrons. The van der Waals surface area contributed by atoms with E-state index in [1.165, 1.54) is 6.07 Å². The van der Waals surface area contributed by atoms with Crippen LogP contribution in [-0.2, 0) is 0 Å². The van der Waals surface area contributed by atoms with Gasteiger partial charge in [-0.2, -0.15) is 8.78 Å². The number of halogens is 2. The molecule has 0 atom stereocenters. The normalized spacial score (nSPS) is 11.2. The molecule has 0 aliphatic heterocycles. The van der Waals surface area contributed by atoms with Gasteiger partial charge in [0.05, 0.1) is 6.61 Å². The summed E-state index contributed by atoms with van der Waals surface area (Å²) in [5.41, 5.74) is 0.871. The maximum absolute atomic E-state index is 12.2. The summed E-state index contributed by atoms with van der Waals surface area (Å²) < 4.78 is 34.0. The van der Waals surface area contributed by atoms with Crippen molar-refractivity contribution in [1.82, 2.24) is 5.32 Å². The van der Waals surface area contributed by atoms with E-state index in [0.29, 0.717) is 12.4 Å². The van der Waals surface area contributed by atoms with Crippen LogP contribution >= 0.6 is 0 Å². The molecule has 5 heteroatoms. The van der Waals surface area contributed by atoms with Gasteiger partial charge in [-0.05, 0) is 31.7 Å². The van der Waals surface area contributed by atoms with Gasteiger partial charge in [0, 0.05) is 6.54 Å². The molecule has 0 aliphatic carbocycles. The van der Waals surface area contributed by atoms with Gasteiger partial charge in [0.25, 0.3) is 0 Å². The maximum atomic E-state index is 12.2. The highest BCUT2D eigenvalue weighted by Crippen LogP contribution is 2.30. The molecule has 18 heavy (non-hydrogen) atoms. The second-order valence-corrected chi connectivity index (χ2v) is 3.48. The maximum Gasteiger partial charge on any atom is 0.387 e. The Morgan fingerprint density at radius 2 is 2.11 bits per heavy atom. The summed E-state index contributed by atoms with van der Waals surface area (Å²) in [6.45, 7) is 0.0629. The van der Waals surface area contributed by atoms with E-state index in [1.807, 2.05) is 19.2 Å². The lowest BCUT2D eigenvalue weighted by molar-refractivity contribution is -0.0514. The van der Waals surface area contributed by atoms with Gasteiger partial charge in [-0.1, -0.05) is 18.2 Å². The summed E-state index contributed by atoms with van der Waals surface area (Å²) >= 11 is 0. The zero-order valence-electron chi connectivity index (χ0n) is 10.5. The summed E-state index contributed by atoms with van der Waals surface area (Å²) in [5.74, 6) is 0.377. The minimum absolute atomic E-state index is 0.0533. The molecule has 3 nitrogen and oxygen atoms in total. The first kappa shape index (κ1) is 14.4. The summed E-state index contributed by atoms with van der Waals surface area (Å²) in [6.07, 6.45) is 3.81. The molecule has 0 spiro atoms. The van der Waals surface area contributed by atoms with Crippen molar-refractivity contribution in [2.24, 2.45) is 0 Å². The fourth-order valence-corrected chi connectivity index (χ4v) is 1.40. The highest BCUT2D eigenvalue weighted by molar-refractivity contribution is 5.56. The first-order chi connectivity index (χ1) is 8.67. The third kappa shape index (κ3) is 4.71. The average molecular weight is 257 g/mol. The molecular weight excluding hydrogens is 240 g/mol. The highest BCUT2D eigenvalue weighted by atomic mass is 19.3. The van der Waals surface area contributed by atoms with E-state index < -0.39 is 6.61 Å². The van der Waals surface area contributed by atoms with E-state index in [9.17, 15) is 8.78 Å². The van der Waals surface area contributed by atoms with Crippen LogP contribution in [0.5, 0.6) is 11.5 Å². The lowest BCUT2D eigenvalue weighted by atomic mass is 10.2. The lowest BCUT2D eigenvalue weighted by Gasteiger charge is -2.11. The van der Waals surface area contributed by atoms with Crippen molar-refractivity contribution < 1.29 is 18.3 Å². The van der Waals surface area contributed by atoms with Gasteiger partial charge in [0.1, 0.15) is 0 Å². The van der Waals surface area contributed by atoms with Crippen LogP contribution in [0.4, 0.5) is 8.78 Å². The molecule has 0 heterocycles. The largest absolute Gasteiger partial charge is 0.490 e. The Morgan fingerprint density at radius 3 is 2.72 bits per heavy atom. The zero-order chi connectivity index (χ0) is 13.4. The number of hydrogen-bond acceptors (Lipinski definition) is 3. The first-order valence-electron chi connectivity index (χ1n) is 5.70. The molecule has 1 aromatic rings. The highest BCUT2D eigenvalue weighted by Gasteiger charge is 2.10. The van der Waals surface area contributed by atoms with Gasteiger partial charge in [-0.15, -0.1) is 0 Å². The Labute approximate surface area is 105 Å². The molecule has 0 saturated heterocycles. The van der Waals surface area contributed by atoms with Gasteiger partial charge in [-0.3, -0.25) is 0 Å². The molecule has 0 aliphatic rings. The predicted octanol–water partition coefficient (Wildman–Crippen LogP) is 2.92. The van der Waals surface area contributed by atoms with Crippen LogP contribution in [0.2, 0.25) is 0 Å². The summed E-state index contributed by atoms with van der Waals surface area (Å²) in [5, 5.41) is 2.97. The van der Waals surface area contributed by atoms with E-state index in [-0.39, 0.29) is 5.75 Å². The van der Waals surface area contributed by atoms with Gasteiger partial charge in [-0.25, -0.2) is 0 Å². The average Bonchev–Trinajstić information content (AvgIpc) is 2.32. The Morgan fingerprint density at radius 1 is 1.33 bits per heavy atom. The fraction of sp³-hybridized carbons (Fsp3) is 0.385. The lowest BCUT2D eigenvalue weighted by Crippen LogP contribution is -2.05. The quantitative estimate of drug-likeness (QED) is 0.814. The Balaban J connectivity index is 2.87. The Hall–Kier alpha value is -1.62. The smallest absolute Gasteiger partial charge is 0.387 e. The number of hydrogen-bond donors (Lipinski definition) is 1. The minimum Gasteiger partial charge on any atom is -0.490 e. The zero-order valence-corrected chi connectivity index (χ0v) is 10.5. The number of alkyl halides is 2. The van der Waals surface area contributed by atoms with E-state index in [2.05, 4.69) is 10.1 Å². The number of likely N-dealkylation sites (N-methyl/N-ethyl adjacent to an activating group) is 1. The standard InChI is InChI=1S/C13H17F2NO2/c1-3-17-12-9-10(5-4-8-16-2)6-7-11(12)18-13(14)15/h4-7,9,13,16H,3,8H2,1-2H3.